The van der Waals surface area contributed by atoms with E-state index in [4.69, 9.17) is 9.47 Å². The zero-order chi connectivity index (χ0) is 15.6. The van der Waals surface area contributed by atoms with Gasteiger partial charge in [0, 0.05) is 6.54 Å². The number of hydrogen-bond acceptors (Lipinski definition) is 3. The third-order valence-electron chi connectivity index (χ3n) is 4.57. The number of hydrogen-bond donors (Lipinski definition) is 0. The second-order valence-corrected chi connectivity index (χ2v) is 6.04. The quantitative estimate of drug-likeness (QED) is 0.861. The predicted octanol–water partition coefficient (Wildman–Crippen LogP) is 3.11. The number of amides is 1. The van der Waals surface area contributed by atoms with Crippen molar-refractivity contribution in [2.45, 2.75) is 50.9 Å². The van der Waals surface area contributed by atoms with Crippen LogP contribution in [0.5, 0.6) is 5.75 Å². The molecule has 1 unspecified atom stereocenters. The molecule has 4 nitrogen and oxygen atoms in total. The Balaban J connectivity index is 1.71. The Morgan fingerprint density at radius 3 is 2.77 bits per heavy atom. The van der Waals surface area contributed by atoms with Crippen molar-refractivity contribution in [1.82, 2.24) is 4.90 Å². The van der Waals surface area contributed by atoms with Gasteiger partial charge in [0.25, 0.3) is 5.91 Å². The predicted molar refractivity (Wildman–Crippen MR) is 80.0 cm³/mol. The molecule has 1 spiro atoms. The summed E-state index contributed by atoms with van der Waals surface area (Å²) in [6.07, 6.45) is 4.38. The minimum absolute atomic E-state index is 0.112. The van der Waals surface area contributed by atoms with E-state index in [0.29, 0.717) is 13.2 Å². The highest BCUT2D eigenvalue weighted by atomic mass is 19.1. The van der Waals surface area contributed by atoms with Crippen LogP contribution in [-0.4, -0.2) is 35.8 Å². The molecule has 0 N–H and O–H groups in total. The lowest BCUT2D eigenvalue weighted by Gasteiger charge is -2.40. The minimum Gasteiger partial charge on any atom is -0.478 e. The maximum Gasteiger partial charge on any atom is 0.265 e. The Morgan fingerprint density at radius 2 is 2.05 bits per heavy atom. The van der Waals surface area contributed by atoms with Crippen LogP contribution in [0.25, 0.3) is 0 Å². The molecule has 1 saturated carbocycles. The zero-order valence-corrected chi connectivity index (χ0v) is 12.9. The van der Waals surface area contributed by atoms with E-state index in [1.54, 1.807) is 24.0 Å². The van der Waals surface area contributed by atoms with Crippen LogP contribution in [0, 0.1) is 5.82 Å². The van der Waals surface area contributed by atoms with Crippen LogP contribution in [-0.2, 0) is 9.53 Å². The molecule has 120 valence electrons. The van der Waals surface area contributed by atoms with Crippen molar-refractivity contribution in [3.05, 3.63) is 30.1 Å². The first kappa shape index (κ1) is 15.3. The summed E-state index contributed by atoms with van der Waals surface area (Å²) in [6.45, 7) is 2.82. The van der Waals surface area contributed by atoms with Crippen molar-refractivity contribution in [2.24, 2.45) is 0 Å². The highest BCUT2D eigenvalue weighted by Crippen LogP contribution is 2.38. The van der Waals surface area contributed by atoms with Gasteiger partial charge in [-0.3, -0.25) is 4.79 Å². The molecule has 2 aliphatic rings. The van der Waals surface area contributed by atoms with Crippen LogP contribution >= 0.6 is 0 Å². The minimum atomic E-state index is -0.725. The Kier molecular flexibility index (Phi) is 4.34. The van der Waals surface area contributed by atoms with Crippen molar-refractivity contribution in [3.63, 3.8) is 0 Å². The summed E-state index contributed by atoms with van der Waals surface area (Å²) < 4.78 is 25.1. The van der Waals surface area contributed by atoms with E-state index < -0.39 is 17.6 Å². The number of para-hydroxylation sites is 1. The van der Waals surface area contributed by atoms with Crippen molar-refractivity contribution in [1.29, 1.82) is 0 Å². The van der Waals surface area contributed by atoms with E-state index in [-0.39, 0.29) is 11.7 Å². The van der Waals surface area contributed by atoms with E-state index in [1.807, 2.05) is 0 Å². The van der Waals surface area contributed by atoms with Gasteiger partial charge in [-0.25, -0.2) is 4.39 Å². The molecule has 1 aromatic rings. The summed E-state index contributed by atoms with van der Waals surface area (Å²) >= 11 is 0. The Labute approximate surface area is 130 Å². The molecule has 0 bridgehead atoms. The number of benzene rings is 1. The van der Waals surface area contributed by atoms with E-state index in [9.17, 15) is 9.18 Å². The van der Waals surface area contributed by atoms with Gasteiger partial charge in [0.15, 0.2) is 17.7 Å². The van der Waals surface area contributed by atoms with Crippen molar-refractivity contribution in [2.75, 3.05) is 13.2 Å². The van der Waals surface area contributed by atoms with Crippen LogP contribution in [0.4, 0.5) is 4.39 Å². The molecule has 0 radical (unpaired) electrons. The van der Waals surface area contributed by atoms with Crippen LogP contribution in [0.2, 0.25) is 0 Å². The topological polar surface area (TPSA) is 38.8 Å². The van der Waals surface area contributed by atoms with E-state index in [0.717, 1.165) is 25.7 Å². The van der Waals surface area contributed by atoms with Crippen molar-refractivity contribution >= 4 is 5.91 Å². The molecular formula is C17H22FNO3. The number of halogens is 1. The second kappa shape index (κ2) is 6.24. The lowest BCUT2D eigenvalue weighted by molar-refractivity contribution is -0.161. The number of nitrogens with zero attached hydrogens (tertiary/aromatic N) is 1. The molecule has 1 amide bonds. The summed E-state index contributed by atoms with van der Waals surface area (Å²) in [5.41, 5.74) is -0.456. The third-order valence-corrected chi connectivity index (χ3v) is 4.57. The maximum atomic E-state index is 13.7. The lowest BCUT2D eigenvalue weighted by atomic mass is 9.90. The average molecular weight is 307 g/mol. The third kappa shape index (κ3) is 2.82. The molecular weight excluding hydrogens is 285 g/mol. The van der Waals surface area contributed by atoms with Gasteiger partial charge in [-0.1, -0.05) is 18.6 Å². The highest BCUT2D eigenvalue weighted by molar-refractivity contribution is 5.81. The molecule has 1 aromatic carbocycles. The van der Waals surface area contributed by atoms with E-state index >= 15 is 0 Å². The number of ether oxygens (including phenoxy) is 2. The molecule has 1 atom stereocenters. The van der Waals surface area contributed by atoms with Crippen molar-refractivity contribution < 1.29 is 18.7 Å². The summed E-state index contributed by atoms with van der Waals surface area (Å²) in [4.78, 5) is 14.5. The van der Waals surface area contributed by atoms with Crippen LogP contribution in [0.1, 0.15) is 39.0 Å². The normalized spacial score (nSPS) is 21.8. The van der Waals surface area contributed by atoms with Gasteiger partial charge in [0.05, 0.1) is 6.61 Å². The summed E-state index contributed by atoms with van der Waals surface area (Å²) in [5.74, 6) is -0.462. The fourth-order valence-electron chi connectivity index (χ4n) is 3.44. The monoisotopic (exact) mass is 307 g/mol. The molecule has 5 heteroatoms. The second-order valence-electron chi connectivity index (χ2n) is 6.04. The Morgan fingerprint density at radius 1 is 1.32 bits per heavy atom. The molecule has 22 heavy (non-hydrogen) atoms. The molecule has 0 aromatic heterocycles. The molecule has 3 rings (SSSR count). The molecule has 1 heterocycles. The molecule has 2 fully saturated rings. The standard InChI is InChI=1S/C17H22FNO3/c1-13(22-15-8-4-3-7-14(15)18)16(20)19-11-12-21-17(19)9-5-2-6-10-17/h3-4,7-8,13H,2,5-6,9-12H2,1H3. The summed E-state index contributed by atoms with van der Waals surface area (Å²) in [7, 11) is 0. The van der Waals surface area contributed by atoms with Crippen molar-refractivity contribution in [3.8, 4) is 5.75 Å². The number of carbonyl (C=O) groups is 1. The number of rotatable bonds is 3. The summed E-state index contributed by atoms with van der Waals surface area (Å²) in [5, 5.41) is 0. The van der Waals surface area contributed by atoms with Gasteiger partial charge in [-0.15, -0.1) is 0 Å². The largest absolute Gasteiger partial charge is 0.478 e. The highest BCUT2D eigenvalue weighted by Gasteiger charge is 2.46. The fraction of sp³-hybridized carbons (Fsp3) is 0.588. The van der Waals surface area contributed by atoms with Gasteiger partial charge in [0.1, 0.15) is 5.72 Å². The molecule has 1 saturated heterocycles. The van der Waals surface area contributed by atoms with E-state index in [2.05, 4.69) is 0 Å². The van der Waals surface area contributed by atoms with Gasteiger partial charge in [-0.05, 0) is 44.7 Å². The van der Waals surface area contributed by atoms with Crippen LogP contribution in [0.3, 0.4) is 0 Å². The smallest absolute Gasteiger partial charge is 0.265 e. The van der Waals surface area contributed by atoms with Gasteiger partial charge < -0.3 is 14.4 Å². The first-order chi connectivity index (χ1) is 10.6. The first-order valence-corrected chi connectivity index (χ1v) is 7.99. The lowest BCUT2D eigenvalue weighted by Crippen LogP contribution is -2.53. The van der Waals surface area contributed by atoms with Crippen LogP contribution in [0.15, 0.2) is 24.3 Å². The Hall–Kier alpha value is -1.62. The fourth-order valence-corrected chi connectivity index (χ4v) is 3.44. The molecule has 1 aliphatic heterocycles. The Bertz CT molecular complexity index is 542. The average Bonchev–Trinajstić information content (AvgIpc) is 2.92. The molecule has 1 aliphatic carbocycles. The zero-order valence-electron chi connectivity index (χ0n) is 12.9. The van der Waals surface area contributed by atoms with Crippen LogP contribution < -0.4 is 4.74 Å². The van der Waals surface area contributed by atoms with E-state index in [1.165, 1.54) is 18.6 Å². The maximum absolute atomic E-state index is 13.7. The number of carbonyl (C=O) groups excluding carboxylic acids is 1. The summed E-state index contributed by atoms with van der Waals surface area (Å²) in [6, 6.07) is 6.15. The SMILES string of the molecule is CC(Oc1ccccc1F)C(=O)N1CCOC12CCCCC2. The van der Waals surface area contributed by atoms with Gasteiger partial charge in [0.2, 0.25) is 0 Å². The van der Waals surface area contributed by atoms with Gasteiger partial charge >= 0.3 is 0 Å². The van der Waals surface area contributed by atoms with Gasteiger partial charge in [-0.2, -0.15) is 0 Å². The first-order valence-electron chi connectivity index (χ1n) is 7.99.